The summed E-state index contributed by atoms with van der Waals surface area (Å²) in [6.45, 7) is 4.41. The summed E-state index contributed by atoms with van der Waals surface area (Å²) in [4.78, 5) is 28.1. The van der Waals surface area contributed by atoms with Crippen LogP contribution in [0.4, 0.5) is 0 Å². The van der Waals surface area contributed by atoms with Gasteiger partial charge in [0, 0.05) is 0 Å². The Bertz CT molecular complexity index is 1040. The normalized spacial score (nSPS) is 12.0. The Hall–Kier alpha value is -2.54. The number of aromatic nitrogens is 3. The zero-order valence-electron chi connectivity index (χ0n) is 14.2. The van der Waals surface area contributed by atoms with Crippen LogP contribution in [0.5, 0.6) is 5.75 Å². The Kier molecular flexibility index (Phi) is 5.23. The standard InChI is InChI=1S/C18H19N3O3S/c1-3-4-5-10-24-14-8-6-13(7-9-14)11-15-17(23)21-18(25-15)19-16(22)12(2)20-21/h6-9,11H,3-5,10H2,1-2H3. The van der Waals surface area contributed by atoms with Gasteiger partial charge in [-0.2, -0.15) is 14.6 Å². The number of thiazole rings is 1. The van der Waals surface area contributed by atoms with E-state index in [-0.39, 0.29) is 11.3 Å². The van der Waals surface area contributed by atoms with Crippen LogP contribution in [0.25, 0.3) is 11.0 Å². The molecular formula is C18H19N3O3S. The second-order valence-corrected chi connectivity index (χ2v) is 6.75. The molecule has 0 unspecified atom stereocenters. The van der Waals surface area contributed by atoms with E-state index in [1.807, 2.05) is 24.3 Å². The van der Waals surface area contributed by atoms with E-state index in [4.69, 9.17) is 4.74 Å². The molecule has 0 saturated heterocycles. The molecule has 0 fully saturated rings. The Balaban J connectivity index is 1.85. The zero-order valence-corrected chi connectivity index (χ0v) is 15.0. The fourth-order valence-electron chi connectivity index (χ4n) is 2.34. The van der Waals surface area contributed by atoms with Crippen LogP contribution >= 0.6 is 11.3 Å². The molecule has 3 rings (SSSR count). The van der Waals surface area contributed by atoms with E-state index in [9.17, 15) is 9.59 Å². The highest BCUT2D eigenvalue weighted by Gasteiger charge is 2.08. The van der Waals surface area contributed by atoms with Crippen molar-refractivity contribution >= 4 is 22.4 Å². The number of benzene rings is 1. The van der Waals surface area contributed by atoms with Crippen LogP contribution in [-0.4, -0.2) is 21.2 Å². The number of nitrogens with zero attached hydrogens (tertiary/aromatic N) is 3. The number of rotatable bonds is 6. The molecule has 6 nitrogen and oxygen atoms in total. The van der Waals surface area contributed by atoms with Crippen molar-refractivity contribution in [2.75, 3.05) is 6.61 Å². The summed E-state index contributed by atoms with van der Waals surface area (Å²) < 4.78 is 7.35. The number of aryl methyl sites for hydroxylation is 1. The molecule has 0 spiro atoms. The van der Waals surface area contributed by atoms with Gasteiger partial charge in [0.25, 0.3) is 11.1 Å². The van der Waals surface area contributed by atoms with E-state index in [0.717, 1.165) is 35.5 Å². The largest absolute Gasteiger partial charge is 0.494 e. The fourth-order valence-corrected chi connectivity index (χ4v) is 3.24. The zero-order chi connectivity index (χ0) is 17.8. The highest BCUT2D eigenvalue weighted by atomic mass is 32.1. The first-order chi connectivity index (χ1) is 12.1. The topological polar surface area (TPSA) is 73.6 Å². The summed E-state index contributed by atoms with van der Waals surface area (Å²) in [6.07, 6.45) is 5.14. The molecular weight excluding hydrogens is 338 g/mol. The van der Waals surface area contributed by atoms with Gasteiger partial charge < -0.3 is 4.74 Å². The van der Waals surface area contributed by atoms with E-state index in [1.54, 1.807) is 13.0 Å². The highest BCUT2D eigenvalue weighted by molar-refractivity contribution is 7.15. The van der Waals surface area contributed by atoms with Crippen molar-refractivity contribution < 1.29 is 4.74 Å². The second-order valence-electron chi connectivity index (χ2n) is 5.74. The van der Waals surface area contributed by atoms with Crippen LogP contribution in [0.15, 0.2) is 33.9 Å². The third kappa shape index (κ3) is 3.93. The van der Waals surface area contributed by atoms with E-state index in [2.05, 4.69) is 17.0 Å². The molecule has 0 atom stereocenters. The van der Waals surface area contributed by atoms with Gasteiger partial charge in [-0.15, -0.1) is 0 Å². The third-order valence-corrected chi connectivity index (χ3v) is 4.70. The average molecular weight is 357 g/mol. The Morgan fingerprint density at radius 3 is 2.68 bits per heavy atom. The molecule has 2 aromatic heterocycles. The predicted molar refractivity (Wildman–Crippen MR) is 98.4 cm³/mol. The first-order valence-corrected chi connectivity index (χ1v) is 9.05. The minimum absolute atomic E-state index is 0.212. The number of ether oxygens (including phenoxy) is 1. The first-order valence-electron chi connectivity index (χ1n) is 8.23. The van der Waals surface area contributed by atoms with Crippen molar-refractivity contribution in [2.24, 2.45) is 0 Å². The average Bonchev–Trinajstić information content (AvgIpc) is 2.89. The van der Waals surface area contributed by atoms with Crippen LogP contribution in [0.3, 0.4) is 0 Å². The van der Waals surface area contributed by atoms with Crippen molar-refractivity contribution in [1.82, 2.24) is 14.6 Å². The molecule has 7 heteroatoms. The van der Waals surface area contributed by atoms with Crippen molar-refractivity contribution in [3.63, 3.8) is 0 Å². The van der Waals surface area contributed by atoms with Gasteiger partial charge in [-0.05, 0) is 37.1 Å². The smallest absolute Gasteiger partial charge is 0.295 e. The van der Waals surface area contributed by atoms with E-state index < -0.39 is 5.56 Å². The van der Waals surface area contributed by atoms with Gasteiger partial charge in [0.2, 0.25) is 4.96 Å². The molecule has 0 amide bonds. The van der Waals surface area contributed by atoms with Crippen LogP contribution in [0.2, 0.25) is 0 Å². The molecule has 2 heterocycles. The SMILES string of the molecule is CCCCCOc1ccc(C=c2sc3nc(=O)c(C)nn3c2=O)cc1. The van der Waals surface area contributed by atoms with Gasteiger partial charge in [-0.25, -0.2) is 0 Å². The van der Waals surface area contributed by atoms with Crippen molar-refractivity contribution in [2.45, 2.75) is 33.1 Å². The number of fused-ring (bicyclic) bond motifs is 1. The molecule has 0 aliphatic heterocycles. The second kappa shape index (κ2) is 7.57. The molecule has 0 saturated carbocycles. The van der Waals surface area contributed by atoms with Gasteiger partial charge >= 0.3 is 0 Å². The monoisotopic (exact) mass is 357 g/mol. The van der Waals surface area contributed by atoms with Gasteiger partial charge in [-0.3, -0.25) is 9.59 Å². The molecule has 0 aliphatic carbocycles. The minimum Gasteiger partial charge on any atom is -0.494 e. The number of hydrogen-bond acceptors (Lipinski definition) is 6. The van der Waals surface area contributed by atoms with Crippen molar-refractivity contribution in [3.05, 3.63) is 60.8 Å². The van der Waals surface area contributed by atoms with Crippen molar-refractivity contribution in [3.8, 4) is 5.75 Å². The molecule has 0 aliphatic rings. The number of unbranched alkanes of at least 4 members (excludes halogenated alkanes) is 2. The van der Waals surface area contributed by atoms with Crippen LogP contribution in [0.1, 0.15) is 37.4 Å². The van der Waals surface area contributed by atoms with Gasteiger partial charge in [0.05, 0.1) is 11.1 Å². The molecule has 25 heavy (non-hydrogen) atoms. The van der Waals surface area contributed by atoms with E-state index in [0.29, 0.717) is 16.1 Å². The predicted octanol–water partition coefficient (Wildman–Crippen LogP) is 1.94. The van der Waals surface area contributed by atoms with Crippen LogP contribution in [0, 0.1) is 6.92 Å². The highest BCUT2D eigenvalue weighted by Crippen LogP contribution is 2.13. The fraction of sp³-hybridized carbons (Fsp3) is 0.333. The third-order valence-electron chi connectivity index (χ3n) is 3.74. The minimum atomic E-state index is -0.405. The maximum atomic E-state index is 12.4. The summed E-state index contributed by atoms with van der Waals surface area (Å²) >= 11 is 1.16. The summed E-state index contributed by atoms with van der Waals surface area (Å²) in [5.41, 5.74) is 0.417. The molecule has 0 N–H and O–H groups in total. The number of hydrogen-bond donors (Lipinski definition) is 0. The lowest BCUT2D eigenvalue weighted by molar-refractivity contribution is 0.306. The molecule has 0 radical (unpaired) electrons. The van der Waals surface area contributed by atoms with E-state index in [1.165, 1.54) is 10.9 Å². The Morgan fingerprint density at radius 1 is 1.20 bits per heavy atom. The van der Waals surface area contributed by atoms with Crippen LogP contribution < -0.4 is 20.4 Å². The lowest BCUT2D eigenvalue weighted by Crippen LogP contribution is -2.27. The molecule has 1 aromatic carbocycles. The lowest BCUT2D eigenvalue weighted by atomic mass is 10.2. The van der Waals surface area contributed by atoms with Gasteiger partial charge in [0.15, 0.2) is 0 Å². The summed E-state index contributed by atoms with van der Waals surface area (Å²) in [5.74, 6) is 0.816. The lowest BCUT2D eigenvalue weighted by Gasteiger charge is -2.05. The van der Waals surface area contributed by atoms with Crippen LogP contribution in [-0.2, 0) is 0 Å². The molecule has 0 bridgehead atoms. The van der Waals surface area contributed by atoms with E-state index >= 15 is 0 Å². The maximum Gasteiger partial charge on any atom is 0.295 e. The summed E-state index contributed by atoms with van der Waals surface area (Å²) in [7, 11) is 0. The van der Waals surface area contributed by atoms with Gasteiger partial charge in [-0.1, -0.05) is 43.2 Å². The Morgan fingerprint density at radius 2 is 1.96 bits per heavy atom. The molecule has 130 valence electrons. The molecule has 3 aromatic rings. The first kappa shape index (κ1) is 17.3. The summed E-state index contributed by atoms with van der Waals surface area (Å²) in [5, 5.41) is 4.00. The van der Waals surface area contributed by atoms with Gasteiger partial charge in [0.1, 0.15) is 11.4 Å². The van der Waals surface area contributed by atoms with Crippen molar-refractivity contribution in [1.29, 1.82) is 0 Å². The maximum absolute atomic E-state index is 12.4. The summed E-state index contributed by atoms with van der Waals surface area (Å²) in [6, 6.07) is 7.57. The quantitative estimate of drug-likeness (QED) is 0.630. The Labute approximate surface area is 148 Å².